The Morgan fingerprint density at radius 2 is 1.62 bits per heavy atom. The molecule has 2 heterocycles. The molecule has 2 nitrogen and oxygen atoms in total. The predicted octanol–water partition coefficient (Wildman–Crippen LogP) is 7.05. The van der Waals surface area contributed by atoms with Crippen molar-refractivity contribution in [2.24, 2.45) is 0 Å². The molecule has 5 rings (SSSR count). The molecule has 0 N–H and O–H groups in total. The molecule has 1 aliphatic heterocycles. The van der Waals surface area contributed by atoms with Crippen molar-refractivity contribution in [3.8, 4) is 26.6 Å². The van der Waals surface area contributed by atoms with Gasteiger partial charge in [-0.2, -0.15) is 0 Å². The Hall–Kier alpha value is -2.17. The van der Waals surface area contributed by atoms with Gasteiger partial charge in [0.2, 0.25) is 0 Å². The van der Waals surface area contributed by atoms with Gasteiger partial charge in [0.15, 0.2) is 5.06 Å². The second kappa shape index (κ2) is 8.29. The van der Waals surface area contributed by atoms with Crippen LogP contribution in [0.3, 0.4) is 0 Å². The summed E-state index contributed by atoms with van der Waals surface area (Å²) >= 11 is 1.51. The van der Waals surface area contributed by atoms with Gasteiger partial charge in [0, 0.05) is 23.3 Å². The minimum absolute atomic E-state index is 0.190. The molecule has 0 bridgehead atoms. The summed E-state index contributed by atoms with van der Waals surface area (Å²) in [4.78, 5) is 0.899. The van der Waals surface area contributed by atoms with Crippen LogP contribution < -0.4 is 4.74 Å². The van der Waals surface area contributed by atoms with E-state index in [2.05, 4.69) is 24.3 Å². The van der Waals surface area contributed by atoms with Crippen molar-refractivity contribution >= 4 is 11.3 Å². The Morgan fingerprint density at radius 1 is 0.862 bits per heavy atom. The van der Waals surface area contributed by atoms with Gasteiger partial charge in [-0.15, -0.1) is 0 Å². The molecule has 1 saturated heterocycles. The van der Waals surface area contributed by atoms with Crippen LogP contribution >= 0.6 is 11.3 Å². The molecule has 2 aromatic carbocycles. The van der Waals surface area contributed by atoms with Crippen LogP contribution in [0.4, 0.5) is 4.39 Å². The standard InChI is InChI=1S/C25H25FO2S/c26-23-16-20(19-6-4-18(5-7-19)17-2-1-3-17)8-9-22(23)24-10-11-25(29-24)28-21-12-14-27-15-13-21/h4-11,16-17,21H,1-3,12-15H2. The van der Waals surface area contributed by atoms with Crippen LogP contribution in [0, 0.1) is 5.82 Å². The lowest BCUT2D eigenvalue weighted by atomic mass is 9.80. The summed E-state index contributed by atoms with van der Waals surface area (Å²) < 4.78 is 26.3. The summed E-state index contributed by atoms with van der Waals surface area (Å²) in [5.41, 5.74) is 4.02. The lowest BCUT2D eigenvalue weighted by Crippen LogP contribution is -2.25. The molecule has 1 aliphatic carbocycles. The molecule has 2 aliphatic rings. The van der Waals surface area contributed by atoms with Crippen LogP contribution in [-0.4, -0.2) is 19.3 Å². The van der Waals surface area contributed by atoms with Crippen LogP contribution in [0.2, 0.25) is 0 Å². The first-order chi connectivity index (χ1) is 14.3. The molecule has 4 heteroatoms. The number of hydrogen-bond acceptors (Lipinski definition) is 3. The normalized spacial score (nSPS) is 17.8. The molecule has 0 atom stereocenters. The van der Waals surface area contributed by atoms with E-state index in [1.807, 2.05) is 24.3 Å². The molecule has 0 unspecified atom stereocenters. The highest BCUT2D eigenvalue weighted by molar-refractivity contribution is 7.17. The third-order valence-corrected chi connectivity index (χ3v) is 7.10. The Bertz CT molecular complexity index is 969. The van der Waals surface area contributed by atoms with E-state index in [-0.39, 0.29) is 11.9 Å². The van der Waals surface area contributed by atoms with Crippen LogP contribution in [0.15, 0.2) is 54.6 Å². The Kier molecular flexibility index (Phi) is 5.38. The maximum Gasteiger partial charge on any atom is 0.174 e. The van der Waals surface area contributed by atoms with E-state index in [0.29, 0.717) is 5.56 Å². The zero-order valence-corrected chi connectivity index (χ0v) is 17.2. The number of rotatable bonds is 5. The zero-order valence-electron chi connectivity index (χ0n) is 16.4. The molecule has 150 valence electrons. The van der Waals surface area contributed by atoms with Crippen molar-refractivity contribution < 1.29 is 13.9 Å². The van der Waals surface area contributed by atoms with E-state index in [1.54, 1.807) is 6.07 Å². The molecule has 2 fully saturated rings. The van der Waals surface area contributed by atoms with Gasteiger partial charge < -0.3 is 9.47 Å². The predicted molar refractivity (Wildman–Crippen MR) is 116 cm³/mol. The largest absolute Gasteiger partial charge is 0.481 e. The van der Waals surface area contributed by atoms with Gasteiger partial charge in [0.1, 0.15) is 11.9 Å². The van der Waals surface area contributed by atoms with Gasteiger partial charge in [-0.05, 0) is 59.7 Å². The van der Waals surface area contributed by atoms with Gasteiger partial charge in [0.05, 0.1) is 13.2 Å². The van der Waals surface area contributed by atoms with E-state index >= 15 is 0 Å². The summed E-state index contributed by atoms with van der Waals surface area (Å²) in [6, 6.07) is 18.1. The van der Waals surface area contributed by atoms with Gasteiger partial charge in [-0.25, -0.2) is 4.39 Å². The minimum Gasteiger partial charge on any atom is -0.481 e. The number of hydrogen-bond donors (Lipinski definition) is 0. The van der Waals surface area contributed by atoms with Crippen LogP contribution in [0.25, 0.3) is 21.6 Å². The first kappa shape index (κ1) is 18.8. The maximum absolute atomic E-state index is 14.9. The summed E-state index contributed by atoms with van der Waals surface area (Å²) in [6.45, 7) is 1.50. The summed E-state index contributed by atoms with van der Waals surface area (Å²) in [6.07, 6.45) is 5.95. The van der Waals surface area contributed by atoms with Gasteiger partial charge in [-0.1, -0.05) is 48.1 Å². The van der Waals surface area contributed by atoms with Crippen molar-refractivity contribution in [1.29, 1.82) is 0 Å². The van der Waals surface area contributed by atoms with E-state index in [0.717, 1.165) is 53.0 Å². The van der Waals surface area contributed by atoms with Crippen molar-refractivity contribution in [2.45, 2.75) is 44.1 Å². The number of thiophene rings is 1. The fourth-order valence-electron chi connectivity index (χ4n) is 4.07. The third-order valence-electron chi connectivity index (χ3n) is 6.09. The van der Waals surface area contributed by atoms with Crippen LogP contribution in [-0.2, 0) is 4.74 Å². The number of halogens is 1. The molecular formula is C25H25FO2S. The van der Waals surface area contributed by atoms with Crippen molar-refractivity contribution in [3.63, 3.8) is 0 Å². The summed E-state index contributed by atoms with van der Waals surface area (Å²) in [5, 5.41) is 0.849. The second-order valence-electron chi connectivity index (χ2n) is 7.99. The quantitative estimate of drug-likeness (QED) is 0.450. The van der Waals surface area contributed by atoms with E-state index in [4.69, 9.17) is 9.47 Å². The lowest BCUT2D eigenvalue weighted by Gasteiger charge is -2.25. The van der Waals surface area contributed by atoms with Crippen molar-refractivity contribution in [1.82, 2.24) is 0 Å². The molecule has 1 aromatic heterocycles. The Balaban J connectivity index is 1.31. The number of ether oxygens (including phenoxy) is 2. The SMILES string of the molecule is Fc1cc(-c2ccc(C3CCC3)cc2)ccc1-c1ccc(OC2CCOCC2)s1. The molecular weight excluding hydrogens is 383 g/mol. The molecule has 0 radical (unpaired) electrons. The Labute approximate surface area is 175 Å². The zero-order chi connectivity index (χ0) is 19.6. The molecule has 29 heavy (non-hydrogen) atoms. The average Bonchev–Trinajstić information content (AvgIpc) is 3.16. The monoisotopic (exact) mass is 408 g/mol. The lowest BCUT2D eigenvalue weighted by molar-refractivity contribution is 0.0271. The maximum atomic E-state index is 14.9. The second-order valence-corrected chi connectivity index (χ2v) is 9.04. The fraction of sp³-hybridized carbons (Fsp3) is 0.360. The van der Waals surface area contributed by atoms with Crippen LogP contribution in [0.5, 0.6) is 5.06 Å². The topological polar surface area (TPSA) is 18.5 Å². The van der Waals surface area contributed by atoms with E-state index in [9.17, 15) is 4.39 Å². The first-order valence-corrected chi connectivity index (χ1v) is 11.3. The summed E-state index contributed by atoms with van der Waals surface area (Å²) in [7, 11) is 0. The first-order valence-electron chi connectivity index (χ1n) is 10.5. The van der Waals surface area contributed by atoms with Gasteiger partial charge in [0.25, 0.3) is 0 Å². The summed E-state index contributed by atoms with van der Waals surface area (Å²) in [5.74, 6) is 0.532. The highest BCUT2D eigenvalue weighted by Crippen LogP contribution is 2.38. The van der Waals surface area contributed by atoms with Crippen molar-refractivity contribution in [3.05, 3.63) is 66.0 Å². The third kappa shape index (κ3) is 4.10. The Morgan fingerprint density at radius 3 is 2.31 bits per heavy atom. The number of benzene rings is 2. The molecule has 0 amide bonds. The molecule has 0 spiro atoms. The smallest absolute Gasteiger partial charge is 0.174 e. The fourth-order valence-corrected chi connectivity index (χ4v) is 5.02. The van der Waals surface area contributed by atoms with E-state index < -0.39 is 0 Å². The van der Waals surface area contributed by atoms with Gasteiger partial charge in [-0.3, -0.25) is 0 Å². The van der Waals surface area contributed by atoms with E-state index in [1.165, 1.54) is 36.2 Å². The van der Waals surface area contributed by atoms with Crippen LogP contribution in [0.1, 0.15) is 43.6 Å². The minimum atomic E-state index is -0.190. The molecule has 3 aromatic rings. The highest BCUT2D eigenvalue weighted by Gasteiger charge is 2.19. The average molecular weight is 409 g/mol. The van der Waals surface area contributed by atoms with Gasteiger partial charge >= 0.3 is 0 Å². The molecule has 1 saturated carbocycles. The van der Waals surface area contributed by atoms with Crippen molar-refractivity contribution in [2.75, 3.05) is 13.2 Å². The highest BCUT2D eigenvalue weighted by atomic mass is 32.1.